The molecule has 150 valence electrons. The van der Waals surface area contributed by atoms with Gasteiger partial charge in [-0.2, -0.15) is 18.3 Å². The molecule has 4 heterocycles. The average molecular weight is 420 g/mol. The zero-order valence-corrected chi connectivity index (χ0v) is 16.3. The predicted octanol–water partition coefficient (Wildman–Crippen LogP) is 3.35. The van der Waals surface area contributed by atoms with Crippen molar-refractivity contribution in [3.8, 4) is 11.3 Å². The number of halogens is 3. The van der Waals surface area contributed by atoms with Crippen LogP contribution in [0.5, 0.6) is 0 Å². The van der Waals surface area contributed by atoms with Gasteiger partial charge in [0.2, 0.25) is 0 Å². The van der Waals surface area contributed by atoms with Crippen LogP contribution in [0, 0.1) is 6.92 Å². The first-order valence-electron chi connectivity index (χ1n) is 8.69. The molecule has 0 atom stereocenters. The Kier molecular flexibility index (Phi) is 4.69. The lowest BCUT2D eigenvalue weighted by atomic mass is 10.2. The topological polar surface area (TPSA) is 78.0 Å². The molecule has 0 aliphatic rings. The number of thiazole rings is 1. The van der Waals surface area contributed by atoms with E-state index in [0.717, 1.165) is 15.6 Å². The number of hydrogen-bond donors (Lipinski definition) is 0. The zero-order chi connectivity index (χ0) is 20.8. The molecule has 29 heavy (non-hydrogen) atoms. The van der Waals surface area contributed by atoms with Crippen LogP contribution in [0.1, 0.15) is 28.9 Å². The third kappa shape index (κ3) is 3.53. The molecule has 0 bridgehead atoms. The first-order chi connectivity index (χ1) is 13.8. The van der Waals surface area contributed by atoms with E-state index in [0.29, 0.717) is 28.3 Å². The van der Waals surface area contributed by atoms with Gasteiger partial charge in [0.25, 0.3) is 5.56 Å². The lowest BCUT2D eigenvalue weighted by Gasteiger charge is -2.10. The normalized spacial score (nSPS) is 12.0. The SMILES string of the molecule is CCc1cc(C(F)(F)F)n(Cc2cc(=O)n3c(-c4cncnc4)c(C)sc3n2)n1. The Labute approximate surface area is 166 Å². The van der Waals surface area contributed by atoms with Gasteiger partial charge in [-0.3, -0.25) is 13.9 Å². The van der Waals surface area contributed by atoms with E-state index < -0.39 is 11.9 Å². The Hall–Kier alpha value is -3.08. The molecular formula is C18H15F3N6OS. The molecule has 0 spiro atoms. The molecule has 4 rings (SSSR count). The molecule has 4 aromatic rings. The van der Waals surface area contributed by atoms with Crippen molar-refractivity contribution in [2.75, 3.05) is 0 Å². The second kappa shape index (κ2) is 7.07. The Morgan fingerprint density at radius 2 is 1.86 bits per heavy atom. The van der Waals surface area contributed by atoms with Crippen LogP contribution in [0.2, 0.25) is 0 Å². The Balaban J connectivity index is 1.81. The summed E-state index contributed by atoms with van der Waals surface area (Å²) in [6.45, 7) is 3.32. The molecule has 0 fully saturated rings. The van der Waals surface area contributed by atoms with Crippen LogP contribution in [0.25, 0.3) is 16.2 Å². The fourth-order valence-electron chi connectivity index (χ4n) is 3.10. The summed E-state index contributed by atoms with van der Waals surface area (Å²) in [6.07, 6.45) is 0.401. The predicted molar refractivity (Wildman–Crippen MR) is 101 cm³/mol. The van der Waals surface area contributed by atoms with E-state index in [1.54, 1.807) is 19.3 Å². The number of aryl methyl sites for hydroxylation is 2. The van der Waals surface area contributed by atoms with Crippen molar-refractivity contribution in [3.63, 3.8) is 0 Å². The van der Waals surface area contributed by atoms with E-state index in [4.69, 9.17) is 0 Å². The van der Waals surface area contributed by atoms with Crippen molar-refractivity contribution >= 4 is 16.3 Å². The molecule has 0 aliphatic carbocycles. The van der Waals surface area contributed by atoms with Crippen molar-refractivity contribution in [3.05, 3.63) is 63.2 Å². The maximum atomic E-state index is 13.3. The minimum absolute atomic E-state index is 0.211. The van der Waals surface area contributed by atoms with Crippen LogP contribution in [-0.2, 0) is 19.1 Å². The Morgan fingerprint density at radius 3 is 2.52 bits per heavy atom. The van der Waals surface area contributed by atoms with Gasteiger partial charge in [-0.15, -0.1) is 11.3 Å². The van der Waals surface area contributed by atoms with E-state index in [1.807, 2.05) is 6.92 Å². The molecule has 0 amide bonds. The summed E-state index contributed by atoms with van der Waals surface area (Å²) in [5.74, 6) is 0. The molecule has 0 aliphatic heterocycles. The summed E-state index contributed by atoms with van der Waals surface area (Å²) < 4.78 is 42.2. The van der Waals surface area contributed by atoms with E-state index in [2.05, 4.69) is 20.1 Å². The minimum atomic E-state index is -4.54. The summed E-state index contributed by atoms with van der Waals surface area (Å²) in [5.41, 5.74) is 0.576. The summed E-state index contributed by atoms with van der Waals surface area (Å²) in [5, 5.41) is 4.01. The van der Waals surface area contributed by atoms with Gasteiger partial charge in [0, 0.05) is 28.9 Å². The van der Waals surface area contributed by atoms with Crippen LogP contribution < -0.4 is 5.56 Å². The molecule has 0 unspecified atom stereocenters. The van der Waals surface area contributed by atoms with Crippen LogP contribution in [0.15, 0.2) is 35.6 Å². The first-order valence-corrected chi connectivity index (χ1v) is 9.51. The number of hydrogen-bond acceptors (Lipinski definition) is 6. The number of fused-ring (bicyclic) bond motifs is 1. The summed E-state index contributed by atoms with van der Waals surface area (Å²) in [6, 6.07) is 2.26. The molecule has 7 nitrogen and oxygen atoms in total. The summed E-state index contributed by atoms with van der Waals surface area (Å²) >= 11 is 1.28. The van der Waals surface area contributed by atoms with E-state index >= 15 is 0 Å². The zero-order valence-electron chi connectivity index (χ0n) is 15.4. The third-order valence-corrected chi connectivity index (χ3v) is 5.33. The second-order valence-corrected chi connectivity index (χ2v) is 7.55. The monoisotopic (exact) mass is 420 g/mol. The van der Waals surface area contributed by atoms with Gasteiger partial charge >= 0.3 is 6.18 Å². The van der Waals surface area contributed by atoms with Crippen molar-refractivity contribution in [2.24, 2.45) is 0 Å². The number of aromatic nitrogens is 6. The maximum absolute atomic E-state index is 13.3. The molecule has 0 N–H and O–H groups in total. The molecule has 0 saturated heterocycles. The smallest absolute Gasteiger partial charge is 0.269 e. The molecule has 0 saturated carbocycles. The van der Waals surface area contributed by atoms with Crippen LogP contribution in [0.3, 0.4) is 0 Å². The number of nitrogens with zero attached hydrogens (tertiary/aromatic N) is 6. The standard InChI is InChI=1S/C18H15F3N6OS/c1-3-12-4-14(18(19,20)21)26(25-12)8-13-5-15(28)27-16(10(2)29-17(27)24-13)11-6-22-9-23-7-11/h4-7,9H,3,8H2,1-2H3. The lowest BCUT2D eigenvalue weighted by Crippen LogP contribution is -2.19. The molecule has 4 aromatic heterocycles. The van der Waals surface area contributed by atoms with Gasteiger partial charge in [-0.25, -0.2) is 15.0 Å². The fourth-order valence-corrected chi connectivity index (χ4v) is 4.12. The molecule has 0 radical (unpaired) electrons. The van der Waals surface area contributed by atoms with Gasteiger partial charge in [0.05, 0.1) is 23.6 Å². The number of alkyl halides is 3. The maximum Gasteiger partial charge on any atom is 0.433 e. The Bertz CT molecular complexity index is 1240. The van der Waals surface area contributed by atoms with Crippen molar-refractivity contribution < 1.29 is 13.2 Å². The van der Waals surface area contributed by atoms with E-state index in [1.165, 1.54) is 28.1 Å². The second-order valence-electron chi connectivity index (χ2n) is 6.37. The van der Waals surface area contributed by atoms with Crippen LogP contribution in [-0.4, -0.2) is 29.1 Å². The average Bonchev–Trinajstić information content (AvgIpc) is 3.23. The largest absolute Gasteiger partial charge is 0.433 e. The highest BCUT2D eigenvalue weighted by molar-refractivity contribution is 7.17. The molecule has 0 aromatic carbocycles. The van der Waals surface area contributed by atoms with E-state index in [9.17, 15) is 18.0 Å². The minimum Gasteiger partial charge on any atom is -0.269 e. The highest BCUT2D eigenvalue weighted by Gasteiger charge is 2.35. The van der Waals surface area contributed by atoms with Crippen molar-refractivity contribution in [1.29, 1.82) is 0 Å². The van der Waals surface area contributed by atoms with Gasteiger partial charge in [0.15, 0.2) is 4.96 Å². The van der Waals surface area contributed by atoms with Crippen LogP contribution in [0.4, 0.5) is 13.2 Å². The quantitative estimate of drug-likeness (QED) is 0.506. The van der Waals surface area contributed by atoms with Gasteiger partial charge in [-0.1, -0.05) is 6.92 Å². The summed E-state index contributed by atoms with van der Waals surface area (Å²) in [7, 11) is 0. The fraction of sp³-hybridized carbons (Fsp3) is 0.278. The Morgan fingerprint density at radius 1 is 1.14 bits per heavy atom. The van der Waals surface area contributed by atoms with E-state index in [-0.39, 0.29) is 17.8 Å². The molecule has 11 heteroatoms. The highest BCUT2D eigenvalue weighted by atomic mass is 32.1. The summed E-state index contributed by atoms with van der Waals surface area (Å²) in [4.78, 5) is 26.3. The first kappa shape index (κ1) is 19.2. The number of rotatable bonds is 4. The highest BCUT2D eigenvalue weighted by Crippen LogP contribution is 2.31. The third-order valence-electron chi connectivity index (χ3n) is 4.37. The van der Waals surface area contributed by atoms with Gasteiger partial charge < -0.3 is 0 Å². The van der Waals surface area contributed by atoms with Crippen molar-refractivity contribution in [2.45, 2.75) is 33.0 Å². The lowest BCUT2D eigenvalue weighted by molar-refractivity contribution is -0.144. The van der Waals surface area contributed by atoms with Gasteiger partial charge in [-0.05, 0) is 19.4 Å². The van der Waals surface area contributed by atoms with Crippen molar-refractivity contribution in [1.82, 2.24) is 29.1 Å². The van der Waals surface area contributed by atoms with Crippen LogP contribution >= 0.6 is 11.3 Å². The molecular weight excluding hydrogens is 405 g/mol. The van der Waals surface area contributed by atoms with Gasteiger partial charge in [0.1, 0.15) is 12.0 Å².